The summed E-state index contributed by atoms with van der Waals surface area (Å²) in [6.07, 6.45) is 5.73. The average Bonchev–Trinajstić information content (AvgIpc) is 2.55. The van der Waals surface area contributed by atoms with E-state index in [-0.39, 0.29) is 11.3 Å². The average molecular weight is 340 g/mol. The highest BCUT2D eigenvalue weighted by atomic mass is 32.2. The van der Waals surface area contributed by atoms with Gasteiger partial charge in [0.25, 0.3) is 0 Å². The molecule has 0 amide bonds. The molecule has 1 unspecified atom stereocenters. The van der Waals surface area contributed by atoms with E-state index in [0.29, 0.717) is 32.2 Å². The van der Waals surface area contributed by atoms with Gasteiger partial charge in [0.2, 0.25) is 15.9 Å². The maximum atomic E-state index is 11.7. The summed E-state index contributed by atoms with van der Waals surface area (Å²) in [6, 6.07) is 5.61. The maximum Gasteiger partial charge on any atom is 0.213 e. The maximum absolute atomic E-state index is 11.7. The van der Waals surface area contributed by atoms with Crippen molar-refractivity contribution in [3.8, 4) is 5.88 Å². The summed E-state index contributed by atoms with van der Waals surface area (Å²) < 4.78 is 36.5. The second kappa shape index (κ2) is 6.75. The van der Waals surface area contributed by atoms with Crippen LogP contribution in [0, 0.1) is 11.3 Å². The van der Waals surface area contributed by atoms with E-state index in [4.69, 9.17) is 9.47 Å². The number of pyridine rings is 1. The monoisotopic (exact) mass is 340 g/mol. The number of nitrogens with zero attached hydrogens (tertiary/aromatic N) is 2. The first-order valence-electron chi connectivity index (χ1n) is 8.06. The topological polar surface area (TPSA) is 68.7 Å². The van der Waals surface area contributed by atoms with Crippen molar-refractivity contribution in [2.45, 2.75) is 19.3 Å². The van der Waals surface area contributed by atoms with Crippen molar-refractivity contribution >= 4 is 10.0 Å². The Hall–Kier alpha value is -1.18. The van der Waals surface area contributed by atoms with Crippen molar-refractivity contribution in [2.75, 3.05) is 39.2 Å². The summed E-state index contributed by atoms with van der Waals surface area (Å²) in [5.74, 6) is 0.904. The number of sulfonamides is 1. The molecule has 1 atom stereocenters. The van der Waals surface area contributed by atoms with Gasteiger partial charge in [-0.15, -0.1) is 0 Å². The zero-order valence-electron chi connectivity index (χ0n) is 13.5. The molecule has 0 N–H and O–H groups in total. The Labute approximate surface area is 137 Å². The second-order valence-corrected chi connectivity index (χ2v) is 8.51. The summed E-state index contributed by atoms with van der Waals surface area (Å²) in [5, 5.41) is 0. The lowest BCUT2D eigenvalue weighted by atomic mass is 9.66. The van der Waals surface area contributed by atoms with Crippen molar-refractivity contribution < 1.29 is 17.9 Å². The van der Waals surface area contributed by atoms with Crippen LogP contribution in [0.25, 0.3) is 0 Å². The van der Waals surface area contributed by atoms with E-state index in [2.05, 4.69) is 4.98 Å². The fourth-order valence-corrected chi connectivity index (χ4v) is 4.49. The van der Waals surface area contributed by atoms with E-state index in [0.717, 1.165) is 25.9 Å². The third-order valence-corrected chi connectivity index (χ3v) is 6.49. The van der Waals surface area contributed by atoms with Crippen LogP contribution in [0.1, 0.15) is 19.3 Å². The normalized spacial score (nSPS) is 25.3. The fourth-order valence-electron chi connectivity index (χ4n) is 3.65. The highest BCUT2D eigenvalue weighted by Crippen LogP contribution is 2.45. The molecule has 0 saturated carbocycles. The third kappa shape index (κ3) is 3.84. The number of aromatic nitrogens is 1. The van der Waals surface area contributed by atoms with E-state index in [1.165, 1.54) is 6.26 Å². The van der Waals surface area contributed by atoms with Crippen molar-refractivity contribution in [3.63, 3.8) is 0 Å². The molecule has 7 heteroatoms. The molecule has 0 bridgehead atoms. The van der Waals surface area contributed by atoms with Gasteiger partial charge in [0, 0.05) is 37.9 Å². The van der Waals surface area contributed by atoms with Gasteiger partial charge in [0.05, 0.1) is 19.5 Å². The molecule has 1 aromatic heterocycles. The van der Waals surface area contributed by atoms with Gasteiger partial charge in [-0.3, -0.25) is 0 Å². The molecule has 3 rings (SSSR count). The van der Waals surface area contributed by atoms with E-state index in [1.54, 1.807) is 10.5 Å². The Bertz CT molecular complexity index is 612. The van der Waals surface area contributed by atoms with Crippen LogP contribution in [0.4, 0.5) is 0 Å². The first-order chi connectivity index (χ1) is 11.0. The number of hydrogen-bond acceptors (Lipinski definition) is 5. The summed E-state index contributed by atoms with van der Waals surface area (Å²) >= 11 is 0. The Morgan fingerprint density at radius 2 is 2.13 bits per heavy atom. The van der Waals surface area contributed by atoms with Gasteiger partial charge >= 0.3 is 0 Å². The molecular formula is C16H24N2O4S. The Morgan fingerprint density at radius 3 is 2.78 bits per heavy atom. The molecule has 2 fully saturated rings. The third-order valence-electron chi connectivity index (χ3n) is 5.19. The molecule has 0 aliphatic carbocycles. The van der Waals surface area contributed by atoms with Gasteiger partial charge in [0.1, 0.15) is 0 Å². The molecule has 2 aliphatic rings. The molecule has 3 heterocycles. The molecule has 6 nitrogen and oxygen atoms in total. The van der Waals surface area contributed by atoms with Gasteiger partial charge in [-0.05, 0) is 30.7 Å². The SMILES string of the molecule is CS(=O)(=O)N1CCC2(CCOCC2COc2ccccn2)CC1. The highest BCUT2D eigenvalue weighted by Gasteiger charge is 2.45. The number of rotatable bonds is 4. The minimum Gasteiger partial charge on any atom is -0.477 e. The summed E-state index contributed by atoms with van der Waals surface area (Å²) in [4.78, 5) is 4.19. The number of hydrogen-bond donors (Lipinski definition) is 0. The molecule has 0 aromatic carbocycles. The Morgan fingerprint density at radius 1 is 1.35 bits per heavy atom. The zero-order chi connectivity index (χ0) is 16.3. The molecule has 1 spiro atoms. The van der Waals surface area contributed by atoms with E-state index >= 15 is 0 Å². The van der Waals surface area contributed by atoms with Gasteiger partial charge < -0.3 is 9.47 Å². The van der Waals surface area contributed by atoms with Crippen LogP contribution in [-0.2, 0) is 14.8 Å². The van der Waals surface area contributed by atoms with E-state index in [1.807, 2.05) is 18.2 Å². The second-order valence-electron chi connectivity index (χ2n) is 6.53. The van der Waals surface area contributed by atoms with Gasteiger partial charge in [-0.25, -0.2) is 17.7 Å². The van der Waals surface area contributed by atoms with Crippen LogP contribution < -0.4 is 4.74 Å². The summed E-state index contributed by atoms with van der Waals surface area (Å²) in [5.41, 5.74) is 0.119. The predicted octanol–water partition coefficient (Wildman–Crippen LogP) is 1.54. The first-order valence-corrected chi connectivity index (χ1v) is 9.91. The van der Waals surface area contributed by atoms with Crippen LogP contribution >= 0.6 is 0 Å². The van der Waals surface area contributed by atoms with Crippen molar-refractivity contribution in [3.05, 3.63) is 24.4 Å². The first kappa shape index (κ1) is 16.7. The highest BCUT2D eigenvalue weighted by molar-refractivity contribution is 7.88. The van der Waals surface area contributed by atoms with E-state index in [9.17, 15) is 8.42 Å². The van der Waals surface area contributed by atoms with Crippen molar-refractivity contribution in [1.82, 2.24) is 9.29 Å². The minimum absolute atomic E-state index is 0.119. The minimum atomic E-state index is -3.09. The lowest BCUT2D eigenvalue weighted by Gasteiger charge is -2.48. The van der Waals surface area contributed by atoms with Crippen molar-refractivity contribution in [2.24, 2.45) is 11.3 Å². The molecule has 1 aromatic rings. The lowest BCUT2D eigenvalue weighted by Crippen LogP contribution is -2.50. The largest absolute Gasteiger partial charge is 0.477 e. The summed E-state index contributed by atoms with van der Waals surface area (Å²) in [7, 11) is -3.09. The molecular weight excluding hydrogens is 316 g/mol. The van der Waals surface area contributed by atoms with Gasteiger partial charge in [-0.1, -0.05) is 6.07 Å². The fraction of sp³-hybridized carbons (Fsp3) is 0.688. The molecule has 2 aliphatic heterocycles. The molecule has 23 heavy (non-hydrogen) atoms. The molecule has 128 valence electrons. The van der Waals surface area contributed by atoms with Crippen LogP contribution in [0.3, 0.4) is 0 Å². The lowest BCUT2D eigenvalue weighted by molar-refractivity contribution is -0.0790. The van der Waals surface area contributed by atoms with Crippen LogP contribution in [0.2, 0.25) is 0 Å². The van der Waals surface area contributed by atoms with E-state index < -0.39 is 10.0 Å². The van der Waals surface area contributed by atoms with Gasteiger partial charge in [-0.2, -0.15) is 0 Å². The van der Waals surface area contributed by atoms with Crippen molar-refractivity contribution in [1.29, 1.82) is 0 Å². The zero-order valence-corrected chi connectivity index (χ0v) is 14.3. The van der Waals surface area contributed by atoms with Crippen LogP contribution in [-0.4, -0.2) is 56.9 Å². The molecule has 2 saturated heterocycles. The standard InChI is InChI=1S/C16H24N2O4S/c1-23(19,20)18-9-5-16(6-10-18)7-11-21-12-14(16)13-22-15-4-2-3-8-17-15/h2-4,8,14H,5-7,9-13H2,1H3. The number of ether oxygens (including phenoxy) is 2. The smallest absolute Gasteiger partial charge is 0.213 e. The Balaban J connectivity index is 1.65. The predicted molar refractivity (Wildman–Crippen MR) is 86.7 cm³/mol. The Kier molecular flexibility index (Phi) is 4.89. The summed E-state index contributed by atoms with van der Waals surface area (Å²) in [6.45, 7) is 3.18. The quantitative estimate of drug-likeness (QED) is 0.832. The van der Waals surface area contributed by atoms with Crippen LogP contribution in [0.5, 0.6) is 5.88 Å². The van der Waals surface area contributed by atoms with Gasteiger partial charge in [0.15, 0.2) is 0 Å². The van der Waals surface area contributed by atoms with Crippen LogP contribution in [0.15, 0.2) is 24.4 Å². The molecule has 0 radical (unpaired) electrons. The number of piperidine rings is 1.